The molecule has 1 aromatic carbocycles. The quantitative estimate of drug-likeness (QED) is 0.180. The van der Waals surface area contributed by atoms with Gasteiger partial charge in [-0.15, -0.1) is 0 Å². The fourth-order valence-electron chi connectivity index (χ4n) is 7.45. The van der Waals surface area contributed by atoms with E-state index in [1.165, 1.54) is 31.3 Å². The summed E-state index contributed by atoms with van der Waals surface area (Å²) in [6, 6.07) is 1.93. The number of hydrogen-bond donors (Lipinski definition) is 4. The second-order valence-corrected chi connectivity index (χ2v) is 17.3. The second kappa shape index (κ2) is 17.5. The van der Waals surface area contributed by atoms with Gasteiger partial charge in [0.15, 0.2) is 6.61 Å². The zero-order valence-corrected chi connectivity index (χ0v) is 33.7. The van der Waals surface area contributed by atoms with E-state index in [0.29, 0.717) is 55.2 Å². The highest BCUT2D eigenvalue weighted by Gasteiger charge is 2.62. The van der Waals surface area contributed by atoms with Crippen molar-refractivity contribution >= 4 is 56.5 Å². The number of rotatable bonds is 12. The molecule has 2 aliphatic heterocycles. The van der Waals surface area contributed by atoms with Crippen molar-refractivity contribution in [2.75, 3.05) is 27.3 Å². The molecule has 1 saturated heterocycles. The van der Waals surface area contributed by atoms with Crippen molar-refractivity contribution in [2.45, 2.75) is 106 Å². The van der Waals surface area contributed by atoms with Crippen LogP contribution in [0.4, 0.5) is 13.2 Å². The van der Waals surface area contributed by atoms with Gasteiger partial charge in [-0.05, 0) is 57.6 Å². The van der Waals surface area contributed by atoms with Crippen LogP contribution in [0, 0.1) is 18.3 Å². The third-order valence-corrected chi connectivity index (χ3v) is 12.7. The van der Waals surface area contributed by atoms with E-state index in [1.54, 1.807) is 25.1 Å². The molecule has 4 amide bonds. The van der Waals surface area contributed by atoms with E-state index in [2.05, 4.69) is 25.3 Å². The molecule has 20 heteroatoms. The van der Waals surface area contributed by atoms with E-state index >= 15 is 0 Å². The zero-order chi connectivity index (χ0) is 42.7. The number of sulfonamides is 1. The number of allylic oxidation sites excluding steroid dienone is 1. The minimum atomic E-state index is -4.67. The topological polar surface area (TPSA) is 219 Å². The third kappa shape index (κ3) is 10.1. The van der Waals surface area contributed by atoms with Crippen molar-refractivity contribution < 1.29 is 55.0 Å². The number of aromatic nitrogens is 1. The van der Waals surface area contributed by atoms with E-state index in [1.807, 2.05) is 6.08 Å². The zero-order valence-electron chi connectivity index (χ0n) is 32.9. The number of amides is 4. The highest BCUT2D eigenvalue weighted by Crippen LogP contribution is 2.46. The first-order valence-corrected chi connectivity index (χ1v) is 21.0. The number of fused-ring (bicyclic) bond motifs is 3. The summed E-state index contributed by atoms with van der Waals surface area (Å²) in [6.07, 6.45) is 2.70. The molecule has 1 aromatic heterocycles. The predicted octanol–water partition coefficient (Wildman–Crippen LogP) is 3.44. The Morgan fingerprint density at radius 3 is 2.61 bits per heavy atom. The Kier molecular flexibility index (Phi) is 12.9. The summed E-state index contributed by atoms with van der Waals surface area (Å²) >= 11 is 0. The number of methoxy groups -OCH3 is 1. The van der Waals surface area contributed by atoms with Crippen LogP contribution in [-0.4, -0.2) is 116 Å². The summed E-state index contributed by atoms with van der Waals surface area (Å²) < 4.78 is 84.4. The van der Waals surface area contributed by atoms with Gasteiger partial charge in [0.2, 0.25) is 27.7 Å². The van der Waals surface area contributed by atoms with Gasteiger partial charge in [0, 0.05) is 49.0 Å². The van der Waals surface area contributed by atoms with Crippen LogP contribution in [0.1, 0.15) is 69.8 Å². The molecule has 2 aliphatic carbocycles. The Bertz CT molecular complexity index is 2160. The number of halogens is 3. The molecule has 0 bridgehead atoms. The first-order chi connectivity index (χ1) is 28.0. The Balaban J connectivity index is 1.35. The first kappa shape index (κ1) is 43.3. The highest BCUT2D eigenvalue weighted by molar-refractivity contribution is 7.91. The van der Waals surface area contributed by atoms with Crippen LogP contribution in [0.2, 0.25) is 0 Å². The number of aliphatic imine (C=N–C) groups is 1. The Labute approximate surface area is 339 Å². The molecular weight excluding hydrogens is 800 g/mol. The molecular formula is C39H48F3N7O9S. The van der Waals surface area contributed by atoms with Crippen molar-refractivity contribution in [1.29, 1.82) is 5.41 Å². The third-order valence-electron chi connectivity index (χ3n) is 10.9. The summed E-state index contributed by atoms with van der Waals surface area (Å²) in [7, 11) is -1.07. The SMILES string of the molecule is CN=CCC(=N)C(=O)NC1CCCCCC=CC2CC2(C(=O)NS(=O)(=O)C2CC2)NC(=O)C2CC(Oc3cc(OCC(F)(F)F)nc4c(C)c(OC)ccc34)CN2C1=O. The average Bonchev–Trinajstić information content (AvgIpc) is 4.11. The van der Waals surface area contributed by atoms with Gasteiger partial charge in [-0.25, -0.2) is 13.4 Å². The molecule has 2 aromatic rings. The standard InChI is InChI=1S/C39H48F3N7O9S/c1-22-30(56-3)14-13-26-31(18-32(46-33(22)26)57-21-39(40,41)42)58-24-17-29-35(51)47-38(37(53)48-59(54,55)25-11-12-25)19-23(38)9-7-5-4-6-8-10-28(36(52)49(29)20-24)45-34(50)27(43)15-16-44-2/h7,9,13-14,16,18,23-25,28-29,43H,4-6,8,10-12,15,17,19-21H2,1-3H3,(H,45,50)(H,47,51)(H,48,53). The summed E-state index contributed by atoms with van der Waals surface area (Å²) in [4.78, 5) is 65.2. The Hall–Kier alpha value is -5.27. The van der Waals surface area contributed by atoms with Crippen LogP contribution in [0.25, 0.3) is 10.9 Å². The fraction of sp³-hybridized carbons (Fsp3) is 0.564. The lowest BCUT2D eigenvalue weighted by Gasteiger charge is -2.30. The van der Waals surface area contributed by atoms with Crippen molar-refractivity contribution in [3.8, 4) is 17.4 Å². The first-order valence-electron chi connectivity index (χ1n) is 19.4. The number of nitrogens with one attached hydrogen (secondary N) is 4. The van der Waals surface area contributed by atoms with E-state index in [-0.39, 0.29) is 49.2 Å². The van der Waals surface area contributed by atoms with Crippen molar-refractivity contribution in [3.63, 3.8) is 0 Å². The van der Waals surface area contributed by atoms with Crippen LogP contribution in [-0.2, 0) is 29.2 Å². The number of aryl methyl sites for hydroxylation is 1. The summed E-state index contributed by atoms with van der Waals surface area (Å²) in [5.74, 6) is -3.62. The number of alkyl halides is 3. The van der Waals surface area contributed by atoms with Crippen molar-refractivity contribution in [2.24, 2.45) is 10.9 Å². The highest BCUT2D eigenvalue weighted by atomic mass is 32.2. The molecule has 4 aliphatic rings. The monoisotopic (exact) mass is 847 g/mol. The van der Waals surface area contributed by atoms with E-state index in [9.17, 15) is 40.8 Å². The minimum absolute atomic E-state index is 0.0444. The van der Waals surface area contributed by atoms with Crippen molar-refractivity contribution in [3.05, 3.63) is 35.9 Å². The lowest BCUT2D eigenvalue weighted by Crippen LogP contribution is -2.58. The maximum atomic E-state index is 14.6. The van der Waals surface area contributed by atoms with Gasteiger partial charge >= 0.3 is 6.18 Å². The Morgan fingerprint density at radius 1 is 1.15 bits per heavy atom. The molecule has 6 rings (SSSR count). The van der Waals surface area contributed by atoms with E-state index in [4.69, 9.17) is 19.6 Å². The number of ether oxygens (including phenoxy) is 3. The van der Waals surface area contributed by atoms with Gasteiger partial charge in [-0.2, -0.15) is 13.2 Å². The molecule has 4 N–H and O–H groups in total. The molecule has 2 saturated carbocycles. The van der Waals surface area contributed by atoms with Gasteiger partial charge in [0.25, 0.3) is 11.8 Å². The largest absolute Gasteiger partial charge is 0.496 e. The molecule has 5 atom stereocenters. The number of carbonyl (C=O) groups excluding carboxylic acids is 4. The smallest absolute Gasteiger partial charge is 0.422 e. The lowest BCUT2D eigenvalue weighted by atomic mass is 10.0. The normalized spacial score (nSPS) is 25.3. The average molecular weight is 848 g/mol. The van der Waals surface area contributed by atoms with Gasteiger partial charge in [0.1, 0.15) is 40.9 Å². The molecule has 320 valence electrons. The lowest BCUT2D eigenvalue weighted by molar-refractivity contribution is -0.154. The molecule has 0 spiro atoms. The number of hydrogen-bond acceptors (Lipinski definition) is 12. The van der Waals surface area contributed by atoms with Crippen molar-refractivity contribution in [1.82, 2.24) is 25.2 Å². The van der Waals surface area contributed by atoms with Gasteiger partial charge in [0.05, 0.1) is 24.4 Å². The van der Waals surface area contributed by atoms with Crippen LogP contribution < -0.4 is 29.6 Å². The molecule has 59 heavy (non-hydrogen) atoms. The van der Waals surface area contributed by atoms with Gasteiger partial charge in [-0.3, -0.25) is 29.3 Å². The van der Waals surface area contributed by atoms with Gasteiger partial charge < -0.3 is 34.7 Å². The second-order valence-electron chi connectivity index (χ2n) is 15.3. The molecule has 3 heterocycles. The number of nitrogens with zero attached hydrogens (tertiary/aromatic N) is 3. The molecule has 3 fully saturated rings. The maximum absolute atomic E-state index is 14.6. The number of carbonyl (C=O) groups is 4. The number of benzene rings is 1. The number of pyridine rings is 1. The van der Waals surface area contributed by atoms with Crippen LogP contribution in [0.15, 0.2) is 35.3 Å². The molecule has 5 unspecified atom stereocenters. The predicted molar refractivity (Wildman–Crippen MR) is 209 cm³/mol. The fourth-order valence-corrected chi connectivity index (χ4v) is 8.82. The van der Waals surface area contributed by atoms with Gasteiger partial charge in [-0.1, -0.05) is 25.0 Å². The summed E-state index contributed by atoms with van der Waals surface area (Å²) in [6.45, 7) is -0.211. The summed E-state index contributed by atoms with van der Waals surface area (Å²) in [5, 5.41) is 13.3. The van der Waals surface area contributed by atoms with Crippen LogP contribution in [0.3, 0.4) is 0 Å². The maximum Gasteiger partial charge on any atom is 0.422 e. The molecule has 16 nitrogen and oxygen atoms in total. The minimum Gasteiger partial charge on any atom is -0.496 e. The van der Waals surface area contributed by atoms with Crippen LogP contribution >= 0.6 is 0 Å². The Morgan fingerprint density at radius 2 is 1.92 bits per heavy atom. The molecule has 0 radical (unpaired) electrons. The van der Waals surface area contributed by atoms with E-state index < -0.39 is 87.2 Å². The van der Waals surface area contributed by atoms with Crippen LogP contribution in [0.5, 0.6) is 17.4 Å². The summed E-state index contributed by atoms with van der Waals surface area (Å²) in [5.41, 5.74) is -1.26. The van der Waals surface area contributed by atoms with E-state index in [0.717, 1.165) is 0 Å².